The van der Waals surface area contributed by atoms with Crippen LogP contribution in [0.1, 0.15) is 11.1 Å². The highest BCUT2D eigenvalue weighted by Crippen LogP contribution is 2.58. The quantitative estimate of drug-likeness (QED) is 0.398. The first-order valence-corrected chi connectivity index (χ1v) is 11.5. The van der Waals surface area contributed by atoms with Gasteiger partial charge in [-0.2, -0.15) is 0 Å². The molecule has 4 aromatic carbocycles. The highest BCUT2D eigenvalue weighted by Gasteiger charge is 2.45. The summed E-state index contributed by atoms with van der Waals surface area (Å²) in [7, 11) is -2.06. The zero-order chi connectivity index (χ0) is 19.4. The van der Waals surface area contributed by atoms with Crippen LogP contribution in [0, 0.1) is 12.7 Å². The van der Waals surface area contributed by atoms with E-state index >= 15 is 4.39 Å². The molecular weight excluding hydrogens is 442 g/mol. The van der Waals surface area contributed by atoms with Gasteiger partial charge in [0.2, 0.25) is 0 Å². The molecule has 0 saturated carbocycles. The second kappa shape index (κ2) is 9.48. The van der Waals surface area contributed by atoms with E-state index in [1.165, 1.54) is 15.9 Å². The molecule has 0 saturated heterocycles. The number of halogens is 2. The summed E-state index contributed by atoms with van der Waals surface area (Å²) in [5, 5.41) is 3.81. The van der Waals surface area contributed by atoms with Crippen LogP contribution in [0.2, 0.25) is 0 Å². The summed E-state index contributed by atoms with van der Waals surface area (Å²) in [6.45, 7) is 1.84. The number of rotatable bonds is 5. The van der Waals surface area contributed by atoms with Crippen LogP contribution in [0.15, 0.2) is 109 Å². The van der Waals surface area contributed by atoms with Crippen molar-refractivity contribution in [3.63, 3.8) is 0 Å². The van der Waals surface area contributed by atoms with Gasteiger partial charge in [-0.05, 0) is 48.9 Å². The normalized spacial score (nSPS) is 11.0. The summed E-state index contributed by atoms with van der Waals surface area (Å²) in [5.41, 5.74) is 1.48. The van der Waals surface area contributed by atoms with Crippen molar-refractivity contribution >= 4 is 23.2 Å². The van der Waals surface area contributed by atoms with Crippen LogP contribution in [0.5, 0.6) is 0 Å². The first-order chi connectivity index (χ1) is 13.7. The molecular formula is C26H23BrFP. The third kappa shape index (κ3) is 4.20. The lowest BCUT2D eigenvalue weighted by molar-refractivity contribution is -0.00000603. The van der Waals surface area contributed by atoms with E-state index in [2.05, 4.69) is 72.8 Å². The van der Waals surface area contributed by atoms with Gasteiger partial charge in [-0.3, -0.25) is 0 Å². The summed E-state index contributed by atoms with van der Waals surface area (Å²) >= 11 is 0. The Morgan fingerprint density at radius 3 is 1.41 bits per heavy atom. The number of hydrogen-bond donors (Lipinski definition) is 0. The minimum Gasteiger partial charge on any atom is -1.00 e. The Kier molecular flexibility index (Phi) is 7.00. The molecule has 0 aliphatic rings. The fourth-order valence-corrected chi connectivity index (χ4v) is 8.10. The fourth-order valence-electron chi connectivity index (χ4n) is 3.85. The molecule has 4 rings (SSSR count). The predicted octanol–water partition coefficient (Wildman–Crippen LogP) is 2.63. The van der Waals surface area contributed by atoms with Crippen molar-refractivity contribution in [1.82, 2.24) is 0 Å². The lowest BCUT2D eigenvalue weighted by atomic mass is 10.1. The Morgan fingerprint density at radius 2 is 1.00 bits per heavy atom. The van der Waals surface area contributed by atoms with Gasteiger partial charge >= 0.3 is 0 Å². The van der Waals surface area contributed by atoms with Crippen molar-refractivity contribution in [2.75, 3.05) is 0 Å². The van der Waals surface area contributed by atoms with Crippen molar-refractivity contribution in [1.29, 1.82) is 0 Å². The average Bonchev–Trinajstić information content (AvgIpc) is 2.77. The van der Waals surface area contributed by atoms with E-state index in [1.54, 1.807) is 0 Å². The lowest BCUT2D eigenvalue weighted by Crippen LogP contribution is -3.00. The third-order valence-corrected chi connectivity index (χ3v) is 9.62. The Labute approximate surface area is 183 Å². The fraction of sp³-hybridized carbons (Fsp3) is 0.0769. The molecule has 0 atom stereocenters. The number of hydrogen-bond acceptors (Lipinski definition) is 0. The van der Waals surface area contributed by atoms with Gasteiger partial charge in [-0.15, -0.1) is 0 Å². The second-order valence-electron chi connectivity index (χ2n) is 7.02. The molecule has 0 N–H and O–H groups in total. The molecule has 0 heterocycles. The standard InChI is InChI=1S/C26H23FP.BrH/c1-21-12-11-13-22(26(21)27)20-28(23-14-5-2-6-15-23,24-16-7-3-8-17-24)25-18-9-4-10-19-25;/h2-19H,20H2,1H3;1H/q+1;/p-1. The Bertz CT molecular complexity index is 953. The summed E-state index contributed by atoms with van der Waals surface area (Å²) in [6, 6.07) is 37.6. The molecule has 0 fully saturated rings. The van der Waals surface area contributed by atoms with Gasteiger partial charge < -0.3 is 17.0 Å². The zero-order valence-electron chi connectivity index (χ0n) is 16.3. The van der Waals surface area contributed by atoms with Crippen LogP contribution in [0.4, 0.5) is 4.39 Å². The maximum atomic E-state index is 15.1. The first-order valence-electron chi connectivity index (χ1n) is 9.51. The predicted molar refractivity (Wildman–Crippen MR) is 120 cm³/mol. The van der Waals surface area contributed by atoms with E-state index in [-0.39, 0.29) is 22.8 Å². The summed E-state index contributed by atoms with van der Waals surface area (Å²) in [6.07, 6.45) is 0.665. The molecule has 0 aromatic heterocycles. The second-order valence-corrected chi connectivity index (χ2v) is 10.5. The third-order valence-electron chi connectivity index (χ3n) is 5.27. The minimum atomic E-state index is -2.06. The van der Waals surface area contributed by atoms with Crippen LogP contribution in [-0.2, 0) is 6.16 Å². The van der Waals surface area contributed by atoms with E-state index in [1.807, 2.05) is 43.3 Å². The molecule has 0 aliphatic heterocycles. The van der Waals surface area contributed by atoms with E-state index in [0.29, 0.717) is 11.7 Å². The molecule has 0 radical (unpaired) electrons. The van der Waals surface area contributed by atoms with Crippen LogP contribution in [0.3, 0.4) is 0 Å². The summed E-state index contributed by atoms with van der Waals surface area (Å²) < 4.78 is 15.1. The lowest BCUT2D eigenvalue weighted by Gasteiger charge is -2.28. The van der Waals surface area contributed by atoms with Crippen molar-refractivity contribution < 1.29 is 21.4 Å². The van der Waals surface area contributed by atoms with Crippen molar-refractivity contribution in [3.05, 3.63) is 126 Å². The first kappa shape index (κ1) is 21.4. The van der Waals surface area contributed by atoms with E-state index in [0.717, 1.165) is 5.56 Å². The molecule has 0 spiro atoms. The maximum Gasteiger partial charge on any atom is 0.132 e. The molecule has 146 valence electrons. The van der Waals surface area contributed by atoms with E-state index in [9.17, 15) is 0 Å². The van der Waals surface area contributed by atoms with Crippen LogP contribution in [-0.4, -0.2) is 0 Å². The van der Waals surface area contributed by atoms with Gasteiger partial charge in [0.1, 0.15) is 35.2 Å². The largest absolute Gasteiger partial charge is 1.00 e. The smallest absolute Gasteiger partial charge is 0.132 e. The Balaban J connectivity index is 0.00000240. The van der Waals surface area contributed by atoms with Gasteiger partial charge in [0.15, 0.2) is 0 Å². The van der Waals surface area contributed by atoms with Crippen molar-refractivity contribution in [3.8, 4) is 0 Å². The molecule has 29 heavy (non-hydrogen) atoms. The van der Waals surface area contributed by atoms with Gasteiger partial charge in [0.25, 0.3) is 0 Å². The van der Waals surface area contributed by atoms with Crippen LogP contribution in [0.25, 0.3) is 0 Å². The molecule has 4 aromatic rings. The average molecular weight is 465 g/mol. The zero-order valence-corrected chi connectivity index (χ0v) is 18.8. The topological polar surface area (TPSA) is 0 Å². The maximum absolute atomic E-state index is 15.1. The minimum absolute atomic E-state index is 0. The molecule has 3 heteroatoms. The van der Waals surface area contributed by atoms with Gasteiger partial charge in [-0.1, -0.05) is 72.8 Å². The van der Waals surface area contributed by atoms with Crippen molar-refractivity contribution in [2.45, 2.75) is 13.1 Å². The highest BCUT2D eigenvalue weighted by atomic mass is 79.9. The summed E-state index contributed by atoms with van der Waals surface area (Å²) in [5.74, 6) is -0.0883. The van der Waals surface area contributed by atoms with Crippen molar-refractivity contribution in [2.24, 2.45) is 0 Å². The van der Waals surface area contributed by atoms with Gasteiger partial charge in [-0.25, -0.2) is 4.39 Å². The van der Waals surface area contributed by atoms with Gasteiger partial charge in [0.05, 0.1) is 0 Å². The Morgan fingerprint density at radius 1 is 0.586 bits per heavy atom. The monoisotopic (exact) mass is 464 g/mol. The molecule has 0 unspecified atom stereocenters. The van der Waals surface area contributed by atoms with Crippen LogP contribution >= 0.6 is 7.26 Å². The SMILES string of the molecule is Cc1cccc(C[P+](c2ccccc2)(c2ccccc2)c2ccccc2)c1F.[Br-]. The molecule has 0 amide bonds. The molecule has 0 aliphatic carbocycles. The number of aryl methyl sites for hydroxylation is 1. The summed E-state index contributed by atoms with van der Waals surface area (Å²) in [4.78, 5) is 0. The van der Waals surface area contributed by atoms with E-state index in [4.69, 9.17) is 0 Å². The van der Waals surface area contributed by atoms with Crippen LogP contribution < -0.4 is 32.9 Å². The molecule has 0 nitrogen and oxygen atoms in total. The Hall–Kier alpha value is -2.28. The van der Waals surface area contributed by atoms with Gasteiger partial charge in [0, 0.05) is 5.56 Å². The molecule has 0 bridgehead atoms. The van der Waals surface area contributed by atoms with E-state index < -0.39 is 7.26 Å². The highest BCUT2D eigenvalue weighted by molar-refractivity contribution is 7.95. The number of benzene rings is 4.